The van der Waals surface area contributed by atoms with Gasteiger partial charge in [-0.05, 0) is 12.1 Å². The first-order valence-electron chi connectivity index (χ1n) is 4.37. The molecule has 0 saturated carbocycles. The van der Waals surface area contributed by atoms with E-state index in [1.807, 2.05) is 0 Å². The molecule has 1 aromatic carbocycles. The van der Waals surface area contributed by atoms with Crippen LogP contribution in [0.3, 0.4) is 0 Å². The van der Waals surface area contributed by atoms with Crippen molar-refractivity contribution in [2.75, 3.05) is 25.5 Å². The lowest BCUT2D eigenvalue weighted by Crippen LogP contribution is -2.20. The van der Waals surface area contributed by atoms with Crippen molar-refractivity contribution in [1.82, 2.24) is 0 Å². The van der Waals surface area contributed by atoms with Crippen molar-refractivity contribution in [2.24, 2.45) is 5.73 Å². The van der Waals surface area contributed by atoms with E-state index in [-0.39, 0.29) is 17.8 Å². The molecule has 82 valence electrons. The highest BCUT2D eigenvalue weighted by Gasteiger charge is 2.18. The van der Waals surface area contributed by atoms with Crippen LogP contribution in [0.15, 0.2) is 12.1 Å². The number of ketones is 1. The zero-order valence-electron chi connectivity index (χ0n) is 8.55. The minimum atomic E-state index is -1.03. The standard InChI is InChI=1S/C10H12F2N2O/c1-14(2)10-6(8(15)5-13)3-4-7(11)9(10)12/h3-4H,5,13H2,1-2H3. The quantitative estimate of drug-likeness (QED) is 0.768. The van der Waals surface area contributed by atoms with E-state index in [1.165, 1.54) is 25.1 Å². The number of carbonyl (C=O) groups is 1. The second kappa shape index (κ2) is 4.35. The average molecular weight is 214 g/mol. The lowest BCUT2D eigenvalue weighted by molar-refractivity contribution is 0.100. The largest absolute Gasteiger partial charge is 0.375 e. The maximum absolute atomic E-state index is 13.4. The minimum absolute atomic E-state index is 0.0644. The van der Waals surface area contributed by atoms with Gasteiger partial charge in [0.15, 0.2) is 17.4 Å². The fourth-order valence-corrected chi connectivity index (χ4v) is 1.31. The summed E-state index contributed by atoms with van der Waals surface area (Å²) >= 11 is 0. The third-order valence-electron chi connectivity index (χ3n) is 2.00. The highest BCUT2D eigenvalue weighted by atomic mass is 19.2. The number of carbonyl (C=O) groups excluding carboxylic acids is 1. The second-order valence-electron chi connectivity index (χ2n) is 3.28. The van der Waals surface area contributed by atoms with Gasteiger partial charge in [-0.25, -0.2) is 8.78 Å². The van der Waals surface area contributed by atoms with Gasteiger partial charge >= 0.3 is 0 Å². The van der Waals surface area contributed by atoms with Crippen molar-refractivity contribution < 1.29 is 13.6 Å². The molecule has 0 spiro atoms. The fraction of sp³-hybridized carbons (Fsp3) is 0.300. The van der Waals surface area contributed by atoms with E-state index < -0.39 is 17.4 Å². The van der Waals surface area contributed by atoms with E-state index in [9.17, 15) is 13.6 Å². The van der Waals surface area contributed by atoms with Crippen LogP contribution in [-0.2, 0) is 0 Å². The van der Waals surface area contributed by atoms with Crippen molar-refractivity contribution in [3.05, 3.63) is 29.3 Å². The number of nitrogens with two attached hydrogens (primary N) is 1. The van der Waals surface area contributed by atoms with Crippen LogP contribution >= 0.6 is 0 Å². The Kier molecular flexibility index (Phi) is 3.36. The van der Waals surface area contributed by atoms with Crippen molar-refractivity contribution >= 4 is 11.5 Å². The Morgan fingerprint density at radius 2 is 2.00 bits per heavy atom. The molecule has 3 nitrogen and oxygen atoms in total. The Morgan fingerprint density at radius 3 is 2.47 bits per heavy atom. The van der Waals surface area contributed by atoms with Gasteiger partial charge in [0.1, 0.15) is 0 Å². The van der Waals surface area contributed by atoms with Gasteiger partial charge in [0, 0.05) is 19.7 Å². The van der Waals surface area contributed by atoms with Crippen molar-refractivity contribution in [3.63, 3.8) is 0 Å². The molecule has 0 heterocycles. The predicted molar refractivity (Wildman–Crippen MR) is 54.1 cm³/mol. The molecule has 0 aliphatic heterocycles. The minimum Gasteiger partial charge on any atom is -0.375 e. The van der Waals surface area contributed by atoms with E-state index >= 15 is 0 Å². The third kappa shape index (κ3) is 2.12. The molecule has 0 atom stereocenters. The van der Waals surface area contributed by atoms with Gasteiger partial charge in [-0.2, -0.15) is 0 Å². The van der Waals surface area contributed by atoms with Crippen LogP contribution in [0.4, 0.5) is 14.5 Å². The van der Waals surface area contributed by atoms with Gasteiger partial charge in [-0.1, -0.05) is 0 Å². The SMILES string of the molecule is CN(C)c1c(C(=O)CN)ccc(F)c1F. The summed E-state index contributed by atoms with van der Waals surface area (Å²) in [6, 6.07) is 2.16. The maximum Gasteiger partial charge on any atom is 0.182 e. The van der Waals surface area contributed by atoms with Crippen LogP contribution in [0.5, 0.6) is 0 Å². The van der Waals surface area contributed by atoms with Crippen molar-refractivity contribution in [2.45, 2.75) is 0 Å². The summed E-state index contributed by atoms with van der Waals surface area (Å²) in [6.45, 7) is -0.230. The maximum atomic E-state index is 13.4. The Hall–Kier alpha value is -1.49. The zero-order valence-corrected chi connectivity index (χ0v) is 8.55. The number of hydrogen-bond acceptors (Lipinski definition) is 3. The lowest BCUT2D eigenvalue weighted by Gasteiger charge is -2.17. The van der Waals surface area contributed by atoms with Crippen molar-refractivity contribution in [3.8, 4) is 0 Å². The highest BCUT2D eigenvalue weighted by Crippen LogP contribution is 2.25. The lowest BCUT2D eigenvalue weighted by atomic mass is 10.1. The molecule has 5 heteroatoms. The molecule has 0 fully saturated rings. The summed E-state index contributed by atoms with van der Waals surface area (Å²) in [7, 11) is 3.07. The summed E-state index contributed by atoms with van der Waals surface area (Å²) in [6.07, 6.45) is 0. The summed E-state index contributed by atoms with van der Waals surface area (Å²) in [5.41, 5.74) is 5.21. The Balaban J connectivity index is 3.40. The molecule has 1 rings (SSSR count). The zero-order chi connectivity index (χ0) is 11.6. The average Bonchev–Trinajstić information content (AvgIpc) is 2.20. The number of benzene rings is 1. The molecule has 1 aromatic rings. The number of rotatable bonds is 3. The Labute approximate surface area is 86.5 Å². The number of halogens is 2. The van der Waals surface area contributed by atoms with E-state index in [0.717, 1.165) is 6.07 Å². The van der Waals surface area contributed by atoms with Crippen LogP contribution in [0.1, 0.15) is 10.4 Å². The second-order valence-corrected chi connectivity index (χ2v) is 3.28. The Bertz CT molecular complexity index is 391. The first kappa shape index (κ1) is 11.6. The molecule has 0 aliphatic carbocycles. The van der Waals surface area contributed by atoms with Crippen LogP contribution < -0.4 is 10.6 Å². The summed E-state index contributed by atoms with van der Waals surface area (Å²) in [5.74, 6) is -2.43. The number of hydrogen-bond donors (Lipinski definition) is 1. The van der Waals surface area contributed by atoms with Gasteiger partial charge in [0.05, 0.1) is 12.2 Å². The first-order valence-corrected chi connectivity index (χ1v) is 4.37. The number of Topliss-reactive ketones (excluding diaryl/α,β-unsaturated/α-hetero) is 1. The number of nitrogens with zero attached hydrogens (tertiary/aromatic N) is 1. The van der Waals surface area contributed by atoms with Crippen LogP contribution in [0.2, 0.25) is 0 Å². The van der Waals surface area contributed by atoms with E-state index in [4.69, 9.17) is 5.73 Å². The molecule has 0 aromatic heterocycles. The Morgan fingerprint density at radius 1 is 1.40 bits per heavy atom. The summed E-state index contributed by atoms with van der Waals surface area (Å²) in [4.78, 5) is 12.7. The van der Waals surface area contributed by atoms with Crippen LogP contribution in [-0.4, -0.2) is 26.4 Å². The number of anilines is 1. The molecule has 15 heavy (non-hydrogen) atoms. The summed E-state index contributed by atoms with van der Waals surface area (Å²) in [5, 5.41) is 0. The normalized spacial score (nSPS) is 10.2. The van der Waals surface area contributed by atoms with Crippen molar-refractivity contribution in [1.29, 1.82) is 0 Å². The molecular weight excluding hydrogens is 202 g/mol. The molecular formula is C10H12F2N2O. The van der Waals surface area contributed by atoms with Crippen LogP contribution in [0, 0.1) is 11.6 Å². The van der Waals surface area contributed by atoms with E-state index in [2.05, 4.69) is 0 Å². The van der Waals surface area contributed by atoms with Gasteiger partial charge in [0.25, 0.3) is 0 Å². The fourth-order valence-electron chi connectivity index (χ4n) is 1.31. The predicted octanol–water partition coefficient (Wildman–Crippen LogP) is 1.17. The molecule has 0 amide bonds. The molecule has 0 unspecified atom stereocenters. The molecule has 0 bridgehead atoms. The highest BCUT2D eigenvalue weighted by molar-refractivity contribution is 6.02. The summed E-state index contributed by atoms with van der Waals surface area (Å²) < 4.78 is 26.3. The smallest absolute Gasteiger partial charge is 0.182 e. The van der Waals surface area contributed by atoms with E-state index in [0.29, 0.717) is 0 Å². The van der Waals surface area contributed by atoms with Gasteiger partial charge in [-0.15, -0.1) is 0 Å². The van der Waals surface area contributed by atoms with E-state index in [1.54, 1.807) is 0 Å². The van der Waals surface area contributed by atoms with Gasteiger partial charge < -0.3 is 10.6 Å². The molecule has 0 saturated heterocycles. The molecule has 0 radical (unpaired) electrons. The van der Waals surface area contributed by atoms with Gasteiger partial charge in [0.2, 0.25) is 0 Å². The topological polar surface area (TPSA) is 46.3 Å². The molecule has 2 N–H and O–H groups in total. The molecule has 0 aliphatic rings. The first-order chi connectivity index (χ1) is 6.99. The monoisotopic (exact) mass is 214 g/mol. The third-order valence-corrected chi connectivity index (χ3v) is 2.00. The van der Waals surface area contributed by atoms with Gasteiger partial charge in [-0.3, -0.25) is 4.79 Å². The van der Waals surface area contributed by atoms with Crippen LogP contribution in [0.25, 0.3) is 0 Å².